The summed E-state index contributed by atoms with van der Waals surface area (Å²) >= 11 is 0. The molecule has 0 aromatic rings. The number of hydrogen-bond acceptors (Lipinski definition) is 2. The SMILES string of the molecule is CCCC(CC)NCCCC(=O)NC1CC1. The minimum absolute atomic E-state index is 0.229. The van der Waals surface area contributed by atoms with Crippen LogP contribution in [0, 0.1) is 0 Å². The van der Waals surface area contributed by atoms with Crippen LogP contribution in [-0.2, 0) is 4.79 Å². The Balaban J connectivity index is 1.94. The number of nitrogens with one attached hydrogen (secondary N) is 2. The Bertz CT molecular complexity index is 202. The van der Waals surface area contributed by atoms with Crippen molar-refractivity contribution in [2.75, 3.05) is 6.54 Å². The Morgan fingerprint density at radius 2 is 2.12 bits per heavy atom. The number of amides is 1. The minimum atomic E-state index is 0.229. The maximum Gasteiger partial charge on any atom is 0.220 e. The van der Waals surface area contributed by atoms with E-state index >= 15 is 0 Å². The molecule has 0 radical (unpaired) electrons. The molecule has 0 aromatic carbocycles. The zero-order chi connectivity index (χ0) is 11.8. The maximum atomic E-state index is 11.4. The van der Waals surface area contributed by atoms with Gasteiger partial charge in [0.15, 0.2) is 0 Å². The Hall–Kier alpha value is -0.570. The van der Waals surface area contributed by atoms with Gasteiger partial charge < -0.3 is 10.6 Å². The highest BCUT2D eigenvalue weighted by Crippen LogP contribution is 2.18. The minimum Gasteiger partial charge on any atom is -0.353 e. The summed E-state index contributed by atoms with van der Waals surface area (Å²) in [7, 11) is 0. The normalized spacial score (nSPS) is 17.1. The first-order chi connectivity index (χ1) is 7.76. The third kappa shape index (κ3) is 6.11. The van der Waals surface area contributed by atoms with Gasteiger partial charge in [0.05, 0.1) is 0 Å². The zero-order valence-electron chi connectivity index (χ0n) is 10.7. The highest BCUT2D eigenvalue weighted by atomic mass is 16.1. The van der Waals surface area contributed by atoms with Crippen molar-refractivity contribution in [2.45, 2.75) is 70.9 Å². The number of carbonyl (C=O) groups excluding carboxylic acids is 1. The van der Waals surface area contributed by atoms with Gasteiger partial charge in [0, 0.05) is 18.5 Å². The van der Waals surface area contributed by atoms with Crippen LogP contribution in [-0.4, -0.2) is 24.5 Å². The number of hydrogen-bond donors (Lipinski definition) is 2. The van der Waals surface area contributed by atoms with Gasteiger partial charge in [-0.25, -0.2) is 0 Å². The fourth-order valence-corrected chi connectivity index (χ4v) is 1.88. The van der Waals surface area contributed by atoms with E-state index in [0.29, 0.717) is 18.5 Å². The second kappa shape index (κ2) is 7.66. The van der Waals surface area contributed by atoms with Gasteiger partial charge in [0.2, 0.25) is 5.91 Å². The lowest BCUT2D eigenvalue weighted by Gasteiger charge is -2.15. The van der Waals surface area contributed by atoms with Crippen LogP contribution in [0.2, 0.25) is 0 Å². The molecule has 1 aliphatic rings. The lowest BCUT2D eigenvalue weighted by atomic mass is 10.1. The molecule has 1 aliphatic carbocycles. The molecule has 1 fully saturated rings. The highest BCUT2D eigenvalue weighted by molar-refractivity contribution is 5.76. The van der Waals surface area contributed by atoms with Crippen LogP contribution in [0.15, 0.2) is 0 Å². The van der Waals surface area contributed by atoms with E-state index in [0.717, 1.165) is 13.0 Å². The van der Waals surface area contributed by atoms with Gasteiger partial charge in [0.1, 0.15) is 0 Å². The van der Waals surface area contributed by atoms with Gasteiger partial charge in [-0.05, 0) is 38.6 Å². The summed E-state index contributed by atoms with van der Waals surface area (Å²) in [4.78, 5) is 11.4. The van der Waals surface area contributed by atoms with Gasteiger partial charge in [-0.15, -0.1) is 0 Å². The fourth-order valence-electron chi connectivity index (χ4n) is 1.88. The molecule has 1 unspecified atom stereocenters. The van der Waals surface area contributed by atoms with Crippen LogP contribution < -0.4 is 10.6 Å². The van der Waals surface area contributed by atoms with Crippen molar-refractivity contribution in [3.05, 3.63) is 0 Å². The fraction of sp³-hybridized carbons (Fsp3) is 0.923. The standard InChI is InChI=1S/C13H26N2O/c1-3-6-11(4-2)14-10-5-7-13(16)15-12-8-9-12/h11-12,14H,3-10H2,1-2H3,(H,15,16). The number of rotatable bonds is 9. The summed E-state index contributed by atoms with van der Waals surface area (Å²) < 4.78 is 0. The van der Waals surface area contributed by atoms with Crippen molar-refractivity contribution in [1.29, 1.82) is 0 Å². The van der Waals surface area contributed by atoms with E-state index in [1.165, 1.54) is 32.1 Å². The van der Waals surface area contributed by atoms with Crippen LogP contribution in [0.3, 0.4) is 0 Å². The third-order valence-corrected chi connectivity index (χ3v) is 3.09. The molecule has 2 N–H and O–H groups in total. The molecule has 1 amide bonds. The first-order valence-electron chi connectivity index (χ1n) is 6.79. The molecule has 0 spiro atoms. The Morgan fingerprint density at radius 1 is 1.38 bits per heavy atom. The molecule has 94 valence electrons. The van der Waals surface area contributed by atoms with Crippen LogP contribution in [0.4, 0.5) is 0 Å². The highest BCUT2D eigenvalue weighted by Gasteiger charge is 2.22. The molecule has 1 rings (SSSR count). The van der Waals surface area contributed by atoms with Gasteiger partial charge >= 0.3 is 0 Å². The van der Waals surface area contributed by atoms with Crippen LogP contribution in [0.5, 0.6) is 0 Å². The van der Waals surface area contributed by atoms with E-state index in [2.05, 4.69) is 24.5 Å². The predicted molar refractivity (Wildman–Crippen MR) is 67.4 cm³/mol. The first kappa shape index (κ1) is 13.5. The second-order valence-corrected chi connectivity index (χ2v) is 4.79. The molecule has 0 heterocycles. The van der Waals surface area contributed by atoms with E-state index in [4.69, 9.17) is 0 Å². The van der Waals surface area contributed by atoms with Gasteiger partial charge in [-0.3, -0.25) is 4.79 Å². The average molecular weight is 226 g/mol. The third-order valence-electron chi connectivity index (χ3n) is 3.09. The second-order valence-electron chi connectivity index (χ2n) is 4.79. The maximum absolute atomic E-state index is 11.4. The largest absolute Gasteiger partial charge is 0.353 e. The number of carbonyl (C=O) groups is 1. The molecular weight excluding hydrogens is 200 g/mol. The van der Waals surface area contributed by atoms with Crippen molar-refractivity contribution >= 4 is 5.91 Å². The molecule has 1 atom stereocenters. The topological polar surface area (TPSA) is 41.1 Å². The van der Waals surface area contributed by atoms with Crippen LogP contribution >= 0.6 is 0 Å². The lowest BCUT2D eigenvalue weighted by molar-refractivity contribution is -0.121. The van der Waals surface area contributed by atoms with Crippen molar-refractivity contribution in [1.82, 2.24) is 10.6 Å². The summed E-state index contributed by atoms with van der Waals surface area (Å²) in [5.74, 6) is 0.229. The van der Waals surface area contributed by atoms with E-state index in [-0.39, 0.29) is 5.91 Å². The van der Waals surface area contributed by atoms with E-state index in [1.807, 2.05) is 0 Å². The quantitative estimate of drug-likeness (QED) is 0.592. The molecule has 16 heavy (non-hydrogen) atoms. The molecule has 0 bridgehead atoms. The van der Waals surface area contributed by atoms with Gasteiger partial charge in [-0.1, -0.05) is 20.3 Å². The molecule has 3 nitrogen and oxygen atoms in total. The summed E-state index contributed by atoms with van der Waals surface area (Å²) in [6.07, 6.45) is 7.64. The summed E-state index contributed by atoms with van der Waals surface area (Å²) in [5.41, 5.74) is 0. The van der Waals surface area contributed by atoms with Gasteiger partial charge in [-0.2, -0.15) is 0 Å². The summed E-state index contributed by atoms with van der Waals surface area (Å²) in [6, 6.07) is 1.14. The van der Waals surface area contributed by atoms with Crippen molar-refractivity contribution in [2.24, 2.45) is 0 Å². The van der Waals surface area contributed by atoms with Gasteiger partial charge in [0.25, 0.3) is 0 Å². The summed E-state index contributed by atoms with van der Waals surface area (Å²) in [5, 5.41) is 6.53. The average Bonchev–Trinajstić information content (AvgIpc) is 3.06. The van der Waals surface area contributed by atoms with Crippen LogP contribution in [0.25, 0.3) is 0 Å². The molecule has 1 saturated carbocycles. The van der Waals surface area contributed by atoms with E-state index in [1.54, 1.807) is 0 Å². The lowest BCUT2D eigenvalue weighted by Crippen LogP contribution is -2.31. The smallest absolute Gasteiger partial charge is 0.220 e. The predicted octanol–water partition coefficient (Wildman–Crippen LogP) is 2.21. The molecule has 0 saturated heterocycles. The Morgan fingerprint density at radius 3 is 2.69 bits per heavy atom. The van der Waals surface area contributed by atoms with E-state index in [9.17, 15) is 4.79 Å². The molecule has 0 aromatic heterocycles. The summed E-state index contributed by atoms with van der Waals surface area (Å²) in [6.45, 7) is 5.40. The van der Waals surface area contributed by atoms with Crippen LogP contribution in [0.1, 0.15) is 58.8 Å². The molecule has 3 heteroatoms. The zero-order valence-corrected chi connectivity index (χ0v) is 10.7. The van der Waals surface area contributed by atoms with Crippen molar-refractivity contribution in [3.63, 3.8) is 0 Å². The Kier molecular flexibility index (Phi) is 6.46. The first-order valence-corrected chi connectivity index (χ1v) is 6.79. The molecule has 0 aliphatic heterocycles. The van der Waals surface area contributed by atoms with E-state index < -0.39 is 0 Å². The van der Waals surface area contributed by atoms with Crippen molar-refractivity contribution < 1.29 is 4.79 Å². The van der Waals surface area contributed by atoms with Crippen molar-refractivity contribution in [3.8, 4) is 0 Å². The molecular formula is C13H26N2O. The Labute approximate surface area is 99.4 Å². The monoisotopic (exact) mass is 226 g/mol.